The number of likely N-dealkylation sites (N-methyl/N-ethyl adjacent to an activating group) is 1. The summed E-state index contributed by atoms with van der Waals surface area (Å²) < 4.78 is 32.3. The van der Waals surface area contributed by atoms with Gasteiger partial charge in [0.2, 0.25) is 10.0 Å². The number of nitrogens with zero attached hydrogens (tertiary/aromatic N) is 1. The normalized spacial score (nSPS) is 22.5. The first kappa shape index (κ1) is 15.0. The molecule has 1 heterocycles. The Bertz CT molecular complexity index is 606. The number of sulfonamides is 1. The number of fused-ring (bicyclic) bond motifs is 1. The summed E-state index contributed by atoms with van der Waals surface area (Å²) in [6.45, 7) is 1.19. The van der Waals surface area contributed by atoms with Crippen molar-refractivity contribution in [3.63, 3.8) is 0 Å². The van der Waals surface area contributed by atoms with Crippen LogP contribution in [0.1, 0.15) is 36.8 Å². The average molecular weight is 309 g/mol. The molecule has 0 amide bonds. The first-order chi connectivity index (χ1) is 10.1. The molecule has 1 unspecified atom stereocenters. The Balaban J connectivity index is 1.80. The van der Waals surface area contributed by atoms with Crippen LogP contribution >= 0.6 is 0 Å². The van der Waals surface area contributed by atoms with Crippen LogP contribution in [0, 0.1) is 0 Å². The van der Waals surface area contributed by atoms with E-state index < -0.39 is 10.0 Å². The van der Waals surface area contributed by atoms with Crippen LogP contribution in [0.2, 0.25) is 0 Å². The predicted molar refractivity (Wildman–Crippen MR) is 81.9 cm³/mol. The van der Waals surface area contributed by atoms with Crippen LogP contribution in [0.4, 0.5) is 0 Å². The lowest BCUT2D eigenvalue weighted by atomic mass is 9.92. The van der Waals surface area contributed by atoms with Crippen molar-refractivity contribution in [2.75, 3.05) is 20.2 Å². The maximum Gasteiger partial charge on any atom is 0.242 e. The number of ether oxygens (including phenoxy) is 1. The van der Waals surface area contributed by atoms with Gasteiger partial charge < -0.3 is 4.74 Å². The minimum Gasteiger partial charge on any atom is -0.377 e. The van der Waals surface area contributed by atoms with Gasteiger partial charge in [-0.3, -0.25) is 0 Å². The summed E-state index contributed by atoms with van der Waals surface area (Å²) in [5, 5.41) is 0. The minimum atomic E-state index is -3.41. The Morgan fingerprint density at radius 2 is 1.95 bits per heavy atom. The Hall–Kier alpha value is -0.910. The van der Waals surface area contributed by atoms with E-state index in [1.165, 1.54) is 21.9 Å². The quantitative estimate of drug-likeness (QED) is 0.858. The van der Waals surface area contributed by atoms with Gasteiger partial charge in [0.15, 0.2) is 0 Å². The van der Waals surface area contributed by atoms with Crippen LogP contribution in [-0.2, 0) is 27.6 Å². The number of benzene rings is 1. The third-order valence-corrected chi connectivity index (χ3v) is 6.33. The Morgan fingerprint density at radius 1 is 1.19 bits per heavy atom. The summed E-state index contributed by atoms with van der Waals surface area (Å²) in [4.78, 5) is 0.420. The van der Waals surface area contributed by atoms with E-state index in [9.17, 15) is 8.42 Å². The molecule has 1 atom stereocenters. The van der Waals surface area contributed by atoms with Gasteiger partial charge in [0.05, 0.1) is 11.0 Å². The van der Waals surface area contributed by atoms with Crippen LogP contribution in [0.3, 0.4) is 0 Å². The highest BCUT2D eigenvalue weighted by Crippen LogP contribution is 2.26. The maximum atomic E-state index is 12.7. The van der Waals surface area contributed by atoms with Crippen molar-refractivity contribution in [1.29, 1.82) is 0 Å². The number of hydrogen-bond donors (Lipinski definition) is 0. The summed E-state index contributed by atoms with van der Waals surface area (Å²) in [6.07, 6.45) is 6.44. The molecule has 0 radical (unpaired) electrons. The van der Waals surface area contributed by atoms with Crippen molar-refractivity contribution >= 4 is 10.0 Å². The molecule has 1 fully saturated rings. The van der Waals surface area contributed by atoms with Gasteiger partial charge in [-0.05, 0) is 61.8 Å². The van der Waals surface area contributed by atoms with E-state index in [1.807, 2.05) is 12.1 Å². The van der Waals surface area contributed by atoms with Crippen LogP contribution in [-0.4, -0.2) is 39.0 Å². The molecule has 0 bridgehead atoms. The largest absolute Gasteiger partial charge is 0.377 e. The molecule has 4 nitrogen and oxygen atoms in total. The van der Waals surface area contributed by atoms with Gasteiger partial charge in [0.1, 0.15) is 0 Å². The fourth-order valence-electron chi connectivity index (χ4n) is 3.22. The van der Waals surface area contributed by atoms with Crippen molar-refractivity contribution in [2.45, 2.75) is 49.5 Å². The monoisotopic (exact) mass is 309 g/mol. The highest BCUT2D eigenvalue weighted by atomic mass is 32.2. The summed E-state index contributed by atoms with van der Waals surface area (Å²) in [7, 11) is -1.76. The van der Waals surface area contributed by atoms with Crippen LogP contribution < -0.4 is 0 Å². The zero-order valence-corrected chi connectivity index (χ0v) is 13.4. The SMILES string of the molecule is CN(CC1CCCO1)S(=O)(=O)c1ccc2c(c1)CCCC2. The second kappa shape index (κ2) is 6.07. The van der Waals surface area contributed by atoms with Crippen molar-refractivity contribution < 1.29 is 13.2 Å². The lowest BCUT2D eigenvalue weighted by Crippen LogP contribution is -2.34. The average Bonchev–Trinajstić information content (AvgIpc) is 2.99. The minimum absolute atomic E-state index is 0.0439. The number of aryl methyl sites for hydroxylation is 2. The lowest BCUT2D eigenvalue weighted by Gasteiger charge is -2.22. The molecule has 0 saturated carbocycles. The van der Waals surface area contributed by atoms with Crippen molar-refractivity contribution in [3.8, 4) is 0 Å². The van der Waals surface area contributed by atoms with E-state index in [1.54, 1.807) is 13.1 Å². The van der Waals surface area contributed by atoms with Gasteiger partial charge in [0.25, 0.3) is 0 Å². The van der Waals surface area contributed by atoms with E-state index in [0.29, 0.717) is 11.4 Å². The molecule has 1 aliphatic heterocycles. The van der Waals surface area contributed by atoms with Crippen LogP contribution in [0.25, 0.3) is 0 Å². The van der Waals surface area contributed by atoms with Crippen LogP contribution in [0.5, 0.6) is 0 Å². The molecule has 21 heavy (non-hydrogen) atoms. The summed E-state index contributed by atoms with van der Waals surface area (Å²) in [5.74, 6) is 0. The molecule has 2 aliphatic rings. The van der Waals surface area contributed by atoms with E-state index in [0.717, 1.165) is 38.7 Å². The van der Waals surface area contributed by atoms with Gasteiger partial charge in [-0.2, -0.15) is 4.31 Å². The summed E-state index contributed by atoms with van der Waals surface area (Å²) >= 11 is 0. The lowest BCUT2D eigenvalue weighted by molar-refractivity contribution is 0.0979. The summed E-state index contributed by atoms with van der Waals surface area (Å²) in [5.41, 5.74) is 2.51. The van der Waals surface area contributed by atoms with E-state index in [4.69, 9.17) is 4.74 Å². The molecule has 0 spiro atoms. The van der Waals surface area contributed by atoms with Crippen molar-refractivity contribution in [3.05, 3.63) is 29.3 Å². The highest BCUT2D eigenvalue weighted by molar-refractivity contribution is 7.89. The molecule has 0 N–H and O–H groups in total. The molecule has 1 aromatic rings. The first-order valence-corrected chi connectivity index (χ1v) is 9.21. The summed E-state index contributed by atoms with van der Waals surface area (Å²) in [6, 6.07) is 5.61. The third-order valence-electron chi connectivity index (χ3n) is 4.51. The fraction of sp³-hybridized carbons (Fsp3) is 0.625. The predicted octanol–water partition coefficient (Wildman–Crippen LogP) is 2.36. The second-order valence-corrected chi connectivity index (χ2v) is 8.10. The molecule has 3 rings (SSSR count). The third kappa shape index (κ3) is 3.15. The van der Waals surface area contributed by atoms with Crippen molar-refractivity contribution in [2.24, 2.45) is 0 Å². The van der Waals surface area contributed by atoms with Gasteiger partial charge in [0, 0.05) is 20.2 Å². The first-order valence-electron chi connectivity index (χ1n) is 7.77. The van der Waals surface area contributed by atoms with Gasteiger partial charge in [-0.15, -0.1) is 0 Å². The van der Waals surface area contributed by atoms with Crippen molar-refractivity contribution in [1.82, 2.24) is 4.31 Å². The number of rotatable bonds is 4. The molecule has 116 valence electrons. The van der Waals surface area contributed by atoms with Gasteiger partial charge in [-0.25, -0.2) is 8.42 Å². The molecule has 0 aromatic heterocycles. The molecule has 1 saturated heterocycles. The Labute approximate surface area is 127 Å². The molecular weight excluding hydrogens is 286 g/mol. The molecule has 1 aliphatic carbocycles. The van der Waals surface area contributed by atoms with E-state index >= 15 is 0 Å². The van der Waals surface area contributed by atoms with Gasteiger partial charge >= 0.3 is 0 Å². The van der Waals surface area contributed by atoms with Gasteiger partial charge in [-0.1, -0.05) is 6.07 Å². The smallest absolute Gasteiger partial charge is 0.242 e. The molecule has 1 aromatic carbocycles. The second-order valence-electron chi connectivity index (χ2n) is 6.06. The Morgan fingerprint density at radius 3 is 2.67 bits per heavy atom. The molecule has 5 heteroatoms. The zero-order valence-electron chi connectivity index (χ0n) is 12.5. The topological polar surface area (TPSA) is 46.6 Å². The molecular formula is C16H23NO3S. The number of hydrogen-bond acceptors (Lipinski definition) is 3. The maximum absolute atomic E-state index is 12.7. The van der Waals surface area contributed by atoms with E-state index in [-0.39, 0.29) is 6.10 Å². The van der Waals surface area contributed by atoms with E-state index in [2.05, 4.69) is 0 Å². The van der Waals surface area contributed by atoms with Crippen LogP contribution in [0.15, 0.2) is 23.1 Å². The zero-order chi connectivity index (χ0) is 14.9. The standard InChI is InChI=1S/C16H23NO3S/c1-17(12-15-7-4-10-20-15)21(18,19)16-9-8-13-5-2-3-6-14(13)11-16/h8-9,11,15H,2-7,10,12H2,1H3. The fourth-order valence-corrected chi connectivity index (χ4v) is 4.48. The highest BCUT2D eigenvalue weighted by Gasteiger charge is 2.26. The Kier molecular flexibility index (Phi) is 4.33.